The predicted molar refractivity (Wildman–Crippen MR) is 112 cm³/mol. The third-order valence-electron chi connectivity index (χ3n) is 4.30. The first-order valence-corrected chi connectivity index (χ1v) is 9.80. The van der Waals surface area contributed by atoms with E-state index in [9.17, 15) is 9.59 Å². The van der Waals surface area contributed by atoms with Crippen LogP contribution in [0.2, 0.25) is 10.0 Å². The molecule has 1 N–H and O–H groups in total. The van der Waals surface area contributed by atoms with E-state index in [1.165, 1.54) is 0 Å². The number of rotatable bonds is 9. The molecule has 150 valence electrons. The summed E-state index contributed by atoms with van der Waals surface area (Å²) >= 11 is 11.8. The van der Waals surface area contributed by atoms with Gasteiger partial charge in [-0.3, -0.25) is 9.59 Å². The number of carbonyl (C=O) groups excluding carboxylic acids is 2. The normalized spacial score (nSPS) is 11.6. The first-order chi connectivity index (χ1) is 13.4. The van der Waals surface area contributed by atoms with Gasteiger partial charge in [0.2, 0.25) is 11.8 Å². The van der Waals surface area contributed by atoms with Crippen LogP contribution in [0.5, 0.6) is 5.75 Å². The van der Waals surface area contributed by atoms with E-state index >= 15 is 0 Å². The predicted octanol–water partition coefficient (Wildman–Crippen LogP) is 4.32. The highest BCUT2D eigenvalue weighted by molar-refractivity contribution is 6.30. The molecule has 0 bridgehead atoms. The minimum absolute atomic E-state index is 0.106. The van der Waals surface area contributed by atoms with E-state index in [4.69, 9.17) is 27.9 Å². The van der Waals surface area contributed by atoms with Gasteiger partial charge in [0.25, 0.3) is 0 Å². The van der Waals surface area contributed by atoms with E-state index in [0.29, 0.717) is 35.4 Å². The van der Waals surface area contributed by atoms with Gasteiger partial charge in [-0.25, -0.2) is 0 Å². The Labute approximate surface area is 175 Å². The van der Waals surface area contributed by atoms with Crippen molar-refractivity contribution in [3.8, 4) is 5.75 Å². The van der Waals surface area contributed by atoms with Gasteiger partial charge in [0.15, 0.2) is 0 Å². The third-order valence-corrected chi connectivity index (χ3v) is 4.80. The molecule has 1 atom stereocenters. The molecule has 2 aromatic carbocycles. The van der Waals surface area contributed by atoms with Crippen LogP contribution in [0.1, 0.15) is 25.3 Å². The molecule has 0 aliphatic carbocycles. The van der Waals surface area contributed by atoms with Crippen LogP contribution in [0.25, 0.3) is 0 Å². The van der Waals surface area contributed by atoms with E-state index in [2.05, 4.69) is 5.32 Å². The van der Waals surface area contributed by atoms with Crippen molar-refractivity contribution >= 4 is 35.0 Å². The van der Waals surface area contributed by atoms with Crippen LogP contribution in [-0.4, -0.2) is 36.4 Å². The first kappa shape index (κ1) is 22.1. The molecule has 0 aliphatic heterocycles. The number of nitrogens with one attached hydrogen (secondary N) is 1. The fourth-order valence-corrected chi connectivity index (χ4v) is 2.92. The molecule has 7 heteroatoms. The second-order valence-corrected chi connectivity index (χ2v) is 7.22. The molecule has 2 amide bonds. The average molecular weight is 423 g/mol. The maximum Gasteiger partial charge on any atom is 0.242 e. The molecule has 0 aliphatic rings. The minimum atomic E-state index is -0.578. The Morgan fingerprint density at radius 3 is 2.18 bits per heavy atom. The number of hydrogen-bond donors (Lipinski definition) is 1. The molecule has 0 saturated carbocycles. The summed E-state index contributed by atoms with van der Waals surface area (Å²) < 4.78 is 5.63. The van der Waals surface area contributed by atoms with Crippen LogP contribution in [-0.2, 0) is 16.1 Å². The molecule has 0 radical (unpaired) electrons. The standard InChI is InChI=1S/C21H24Cl2N2O3/c1-15(21(27)24-2)25(14-16-5-7-17(22)8-6-16)20(26)4-3-13-28-19-11-9-18(23)10-12-19/h5-12,15H,3-4,13-14H2,1-2H3,(H,24,27)/t15-/m1/s1. The lowest BCUT2D eigenvalue weighted by molar-refractivity contribution is -0.140. The van der Waals surface area contributed by atoms with Crippen LogP contribution < -0.4 is 10.1 Å². The van der Waals surface area contributed by atoms with Gasteiger partial charge in [0.05, 0.1) is 6.61 Å². The lowest BCUT2D eigenvalue weighted by Gasteiger charge is -2.28. The van der Waals surface area contributed by atoms with Gasteiger partial charge >= 0.3 is 0 Å². The van der Waals surface area contributed by atoms with Crippen LogP contribution in [0.4, 0.5) is 0 Å². The molecule has 0 heterocycles. The number of ether oxygens (including phenoxy) is 1. The molecule has 0 spiro atoms. The number of carbonyl (C=O) groups is 2. The number of hydrogen-bond acceptors (Lipinski definition) is 3. The molecule has 0 fully saturated rings. The largest absolute Gasteiger partial charge is 0.494 e. The van der Waals surface area contributed by atoms with Crippen LogP contribution >= 0.6 is 23.2 Å². The Hall–Kier alpha value is -2.24. The Balaban J connectivity index is 1.94. The highest BCUT2D eigenvalue weighted by atomic mass is 35.5. The summed E-state index contributed by atoms with van der Waals surface area (Å²) in [5.74, 6) is 0.388. The number of benzene rings is 2. The minimum Gasteiger partial charge on any atom is -0.494 e. The summed E-state index contributed by atoms with van der Waals surface area (Å²) in [5.41, 5.74) is 0.908. The van der Waals surface area contributed by atoms with E-state index in [1.807, 2.05) is 12.1 Å². The first-order valence-electron chi connectivity index (χ1n) is 9.04. The molecule has 0 unspecified atom stereocenters. The Bertz CT molecular complexity index is 779. The van der Waals surface area contributed by atoms with Crippen molar-refractivity contribution in [1.82, 2.24) is 10.2 Å². The van der Waals surface area contributed by atoms with E-state index in [-0.39, 0.29) is 18.2 Å². The Morgan fingerprint density at radius 1 is 1.04 bits per heavy atom. The summed E-state index contributed by atoms with van der Waals surface area (Å²) in [6.07, 6.45) is 0.821. The Morgan fingerprint density at radius 2 is 1.61 bits per heavy atom. The number of amides is 2. The summed E-state index contributed by atoms with van der Waals surface area (Å²) in [6, 6.07) is 13.7. The van der Waals surface area contributed by atoms with Crippen molar-refractivity contribution in [2.45, 2.75) is 32.4 Å². The fourth-order valence-electron chi connectivity index (χ4n) is 2.67. The van der Waals surface area contributed by atoms with Crippen molar-refractivity contribution in [3.63, 3.8) is 0 Å². The zero-order valence-electron chi connectivity index (χ0n) is 16.0. The molecule has 2 rings (SSSR count). The van der Waals surface area contributed by atoms with Crippen molar-refractivity contribution in [2.75, 3.05) is 13.7 Å². The maximum absolute atomic E-state index is 12.8. The highest BCUT2D eigenvalue weighted by Gasteiger charge is 2.25. The van der Waals surface area contributed by atoms with E-state index in [0.717, 1.165) is 5.56 Å². The zero-order valence-corrected chi connectivity index (χ0v) is 17.5. The highest BCUT2D eigenvalue weighted by Crippen LogP contribution is 2.17. The summed E-state index contributed by atoms with van der Waals surface area (Å²) in [6.45, 7) is 2.45. The lowest BCUT2D eigenvalue weighted by atomic mass is 10.1. The van der Waals surface area contributed by atoms with Gasteiger partial charge in [-0.1, -0.05) is 35.3 Å². The number of nitrogens with zero attached hydrogens (tertiary/aromatic N) is 1. The topological polar surface area (TPSA) is 58.6 Å². The second-order valence-electron chi connectivity index (χ2n) is 6.34. The Kier molecular flexibility index (Phi) is 8.61. The SMILES string of the molecule is CNC(=O)[C@@H](C)N(Cc1ccc(Cl)cc1)C(=O)CCCOc1ccc(Cl)cc1. The molecular formula is C21H24Cl2N2O3. The van der Waals surface area contributed by atoms with Gasteiger partial charge in [-0.15, -0.1) is 0 Å². The molecule has 28 heavy (non-hydrogen) atoms. The van der Waals surface area contributed by atoms with Crippen molar-refractivity contribution in [3.05, 3.63) is 64.1 Å². The number of likely N-dealkylation sites (N-methyl/N-ethyl adjacent to an activating group) is 1. The average Bonchev–Trinajstić information content (AvgIpc) is 2.70. The monoisotopic (exact) mass is 422 g/mol. The quantitative estimate of drug-likeness (QED) is 0.612. The van der Waals surface area contributed by atoms with Gasteiger partial charge in [0.1, 0.15) is 11.8 Å². The van der Waals surface area contributed by atoms with Crippen LogP contribution in [0.15, 0.2) is 48.5 Å². The summed E-state index contributed by atoms with van der Waals surface area (Å²) in [5, 5.41) is 3.87. The van der Waals surface area contributed by atoms with Crippen LogP contribution in [0, 0.1) is 0 Å². The lowest BCUT2D eigenvalue weighted by Crippen LogP contribution is -2.46. The number of halogens is 2. The van der Waals surface area contributed by atoms with Crippen LogP contribution in [0.3, 0.4) is 0 Å². The van der Waals surface area contributed by atoms with Gasteiger partial charge in [-0.05, 0) is 55.3 Å². The second kappa shape index (κ2) is 10.9. The summed E-state index contributed by atoms with van der Waals surface area (Å²) in [4.78, 5) is 26.4. The molecule has 0 saturated heterocycles. The van der Waals surface area contributed by atoms with Crippen molar-refractivity contribution in [2.24, 2.45) is 0 Å². The van der Waals surface area contributed by atoms with Gasteiger partial charge in [-0.2, -0.15) is 0 Å². The van der Waals surface area contributed by atoms with E-state index < -0.39 is 6.04 Å². The summed E-state index contributed by atoms with van der Waals surface area (Å²) in [7, 11) is 1.56. The molecule has 2 aromatic rings. The molecular weight excluding hydrogens is 399 g/mol. The smallest absolute Gasteiger partial charge is 0.242 e. The van der Waals surface area contributed by atoms with Gasteiger partial charge < -0.3 is 15.0 Å². The fraction of sp³-hybridized carbons (Fsp3) is 0.333. The molecule has 0 aromatic heterocycles. The molecule has 5 nitrogen and oxygen atoms in total. The van der Waals surface area contributed by atoms with Crippen molar-refractivity contribution < 1.29 is 14.3 Å². The van der Waals surface area contributed by atoms with Crippen molar-refractivity contribution in [1.29, 1.82) is 0 Å². The third kappa shape index (κ3) is 6.73. The van der Waals surface area contributed by atoms with Gasteiger partial charge in [0, 0.05) is 30.1 Å². The zero-order chi connectivity index (χ0) is 20.5. The maximum atomic E-state index is 12.8. The van der Waals surface area contributed by atoms with E-state index in [1.54, 1.807) is 55.3 Å².